The number of hydrogen-bond acceptors (Lipinski definition) is 5. The second-order valence-electron chi connectivity index (χ2n) is 7.65. The van der Waals surface area contributed by atoms with E-state index in [9.17, 15) is 32.9 Å². The lowest BCUT2D eigenvalue weighted by atomic mass is 10.1. The van der Waals surface area contributed by atoms with Gasteiger partial charge < -0.3 is 15.1 Å². The Bertz CT molecular complexity index is 1070. The van der Waals surface area contributed by atoms with Gasteiger partial charge in [-0.1, -0.05) is 6.92 Å². The number of nitro benzene ring substituents is 1. The summed E-state index contributed by atoms with van der Waals surface area (Å²) in [6, 6.07) is 5.73. The molecule has 1 N–H and O–H groups in total. The first-order chi connectivity index (χ1) is 15.7. The van der Waals surface area contributed by atoms with Crippen LogP contribution >= 0.6 is 0 Å². The predicted octanol–water partition coefficient (Wildman–Crippen LogP) is 4.10. The number of rotatable bonds is 8. The Kier molecular flexibility index (Phi) is 7.52. The minimum atomic E-state index is -1.72. The van der Waals surface area contributed by atoms with E-state index >= 15 is 0 Å². The third-order valence-electron chi connectivity index (χ3n) is 5.29. The van der Waals surface area contributed by atoms with Crippen LogP contribution in [0.2, 0.25) is 0 Å². The topological polar surface area (TPSA) is 95.8 Å². The quantitative estimate of drug-likeness (QED) is 0.361. The molecule has 8 nitrogen and oxygen atoms in total. The highest BCUT2D eigenvalue weighted by atomic mass is 19.2. The van der Waals surface area contributed by atoms with Crippen LogP contribution in [0.1, 0.15) is 36.5 Å². The van der Waals surface area contributed by atoms with Crippen LogP contribution in [-0.4, -0.2) is 47.8 Å². The van der Waals surface area contributed by atoms with Crippen molar-refractivity contribution in [2.75, 3.05) is 36.4 Å². The van der Waals surface area contributed by atoms with E-state index in [-0.39, 0.29) is 17.8 Å². The first kappa shape index (κ1) is 24.0. The van der Waals surface area contributed by atoms with Crippen molar-refractivity contribution in [2.24, 2.45) is 0 Å². The number of amides is 2. The predicted molar refractivity (Wildman–Crippen MR) is 116 cm³/mol. The summed E-state index contributed by atoms with van der Waals surface area (Å²) >= 11 is 0. The number of nitrogens with zero attached hydrogens (tertiary/aromatic N) is 3. The van der Waals surface area contributed by atoms with Crippen molar-refractivity contribution in [3.8, 4) is 0 Å². The lowest BCUT2D eigenvalue weighted by Crippen LogP contribution is -2.38. The summed E-state index contributed by atoms with van der Waals surface area (Å²) in [7, 11) is 0. The lowest BCUT2D eigenvalue weighted by Gasteiger charge is -2.23. The fourth-order valence-corrected chi connectivity index (χ4v) is 3.72. The van der Waals surface area contributed by atoms with Crippen molar-refractivity contribution in [1.82, 2.24) is 4.90 Å². The second kappa shape index (κ2) is 10.3. The summed E-state index contributed by atoms with van der Waals surface area (Å²) in [5.74, 6) is -6.12. The minimum absolute atomic E-state index is 0.0323. The van der Waals surface area contributed by atoms with Gasteiger partial charge in [0.25, 0.3) is 11.6 Å². The van der Waals surface area contributed by atoms with Crippen LogP contribution in [0.25, 0.3) is 0 Å². The Morgan fingerprint density at radius 3 is 2.45 bits per heavy atom. The average Bonchev–Trinajstić information content (AvgIpc) is 3.33. The molecule has 33 heavy (non-hydrogen) atoms. The number of nitrogens with one attached hydrogen (secondary N) is 1. The first-order valence-corrected chi connectivity index (χ1v) is 10.5. The molecule has 1 heterocycles. The molecule has 1 aliphatic rings. The molecule has 3 rings (SSSR count). The van der Waals surface area contributed by atoms with Crippen molar-refractivity contribution in [2.45, 2.75) is 26.2 Å². The average molecular weight is 464 g/mol. The van der Waals surface area contributed by atoms with Gasteiger partial charge in [-0.25, -0.2) is 13.2 Å². The zero-order chi connectivity index (χ0) is 24.1. The fraction of sp³-hybridized carbons (Fsp3) is 0.364. The zero-order valence-corrected chi connectivity index (χ0v) is 17.9. The molecule has 2 aromatic carbocycles. The molecule has 0 spiro atoms. The van der Waals surface area contributed by atoms with Crippen LogP contribution < -0.4 is 10.2 Å². The van der Waals surface area contributed by atoms with Gasteiger partial charge in [-0.3, -0.25) is 19.7 Å². The Hall–Kier alpha value is -3.63. The van der Waals surface area contributed by atoms with Crippen LogP contribution in [0, 0.1) is 27.6 Å². The van der Waals surface area contributed by atoms with E-state index in [0.29, 0.717) is 31.3 Å². The second-order valence-corrected chi connectivity index (χ2v) is 7.65. The molecule has 1 fully saturated rings. The molecule has 0 radical (unpaired) electrons. The molecular formula is C22H23F3N4O4. The van der Waals surface area contributed by atoms with E-state index in [1.54, 1.807) is 6.92 Å². The maximum absolute atomic E-state index is 13.8. The molecule has 1 aliphatic heterocycles. The molecule has 0 aliphatic carbocycles. The molecule has 1 saturated heterocycles. The standard InChI is InChI=1S/C22H23F3N4O4/c1-2-9-28(13-19(30)26-16-7-6-15(23)20(24)21(16)25)22(31)14-5-8-17(18(12-14)29(32)33)27-10-3-4-11-27/h5-8,12H,2-4,9-11,13H2,1H3,(H,26,30). The highest BCUT2D eigenvalue weighted by molar-refractivity contribution is 6.00. The van der Waals surface area contributed by atoms with Crippen molar-refractivity contribution < 1.29 is 27.7 Å². The van der Waals surface area contributed by atoms with Crippen LogP contribution in [0.5, 0.6) is 0 Å². The molecule has 0 atom stereocenters. The van der Waals surface area contributed by atoms with E-state index in [4.69, 9.17) is 0 Å². The van der Waals surface area contributed by atoms with Gasteiger partial charge in [0, 0.05) is 31.3 Å². The lowest BCUT2D eigenvalue weighted by molar-refractivity contribution is -0.384. The number of carbonyl (C=O) groups excluding carboxylic acids is 2. The van der Waals surface area contributed by atoms with E-state index in [1.165, 1.54) is 18.2 Å². The van der Waals surface area contributed by atoms with E-state index in [2.05, 4.69) is 5.32 Å². The van der Waals surface area contributed by atoms with E-state index in [1.807, 2.05) is 4.90 Å². The number of halogens is 3. The number of carbonyl (C=O) groups is 2. The number of anilines is 2. The molecular weight excluding hydrogens is 441 g/mol. The van der Waals surface area contributed by atoms with E-state index < -0.39 is 46.4 Å². The summed E-state index contributed by atoms with van der Waals surface area (Å²) in [5, 5.41) is 13.7. The summed E-state index contributed by atoms with van der Waals surface area (Å²) in [6.45, 7) is 2.79. The van der Waals surface area contributed by atoms with Gasteiger partial charge >= 0.3 is 0 Å². The Morgan fingerprint density at radius 1 is 1.12 bits per heavy atom. The van der Waals surface area contributed by atoms with Crippen molar-refractivity contribution in [3.63, 3.8) is 0 Å². The fourth-order valence-electron chi connectivity index (χ4n) is 3.72. The third kappa shape index (κ3) is 5.41. The highest BCUT2D eigenvalue weighted by Crippen LogP contribution is 2.32. The van der Waals surface area contributed by atoms with Gasteiger partial charge in [0.1, 0.15) is 12.2 Å². The summed E-state index contributed by atoms with van der Waals surface area (Å²) in [5.41, 5.74) is -0.298. The highest BCUT2D eigenvalue weighted by Gasteiger charge is 2.26. The van der Waals surface area contributed by atoms with Crippen LogP contribution in [0.4, 0.5) is 30.2 Å². The Balaban J connectivity index is 1.79. The molecule has 2 aromatic rings. The summed E-state index contributed by atoms with van der Waals surface area (Å²) in [4.78, 5) is 39.5. The maximum Gasteiger partial charge on any atom is 0.293 e. The van der Waals surface area contributed by atoms with Crippen molar-refractivity contribution in [1.29, 1.82) is 0 Å². The molecule has 0 unspecified atom stereocenters. The van der Waals surface area contributed by atoms with Crippen LogP contribution in [0.15, 0.2) is 30.3 Å². The van der Waals surface area contributed by atoms with Gasteiger partial charge in [0.15, 0.2) is 17.5 Å². The van der Waals surface area contributed by atoms with Gasteiger partial charge in [-0.05, 0) is 43.5 Å². The number of nitro groups is 1. The molecule has 176 valence electrons. The first-order valence-electron chi connectivity index (χ1n) is 10.5. The van der Waals surface area contributed by atoms with E-state index in [0.717, 1.165) is 23.8 Å². The number of benzene rings is 2. The molecule has 0 aromatic heterocycles. The van der Waals surface area contributed by atoms with Crippen molar-refractivity contribution >= 4 is 28.9 Å². The molecule has 11 heteroatoms. The Morgan fingerprint density at radius 2 is 1.82 bits per heavy atom. The number of hydrogen-bond donors (Lipinski definition) is 1. The normalized spacial score (nSPS) is 13.2. The van der Waals surface area contributed by atoms with Gasteiger partial charge in [-0.2, -0.15) is 0 Å². The summed E-state index contributed by atoms with van der Waals surface area (Å²) in [6.07, 6.45) is 2.33. The van der Waals surface area contributed by atoms with Gasteiger partial charge in [0.2, 0.25) is 5.91 Å². The summed E-state index contributed by atoms with van der Waals surface area (Å²) < 4.78 is 40.3. The zero-order valence-electron chi connectivity index (χ0n) is 17.9. The SMILES string of the molecule is CCCN(CC(=O)Nc1ccc(F)c(F)c1F)C(=O)c1ccc(N2CCCC2)c([N+](=O)[O-])c1. The van der Waals surface area contributed by atoms with Gasteiger partial charge in [0.05, 0.1) is 10.6 Å². The van der Waals surface area contributed by atoms with Crippen LogP contribution in [0.3, 0.4) is 0 Å². The molecule has 0 saturated carbocycles. The van der Waals surface area contributed by atoms with Crippen molar-refractivity contribution in [3.05, 3.63) is 63.5 Å². The Labute approximate surface area is 188 Å². The van der Waals surface area contributed by atoms with Crippen LogP contribution in [-0.2, 0) is 4.79 Å². The third-order valence-corrected chi connectivity index (χ3v) is 5.29. The van der Waals surface area contributed by atoms with Gasteiger partial charge in [-0.15, -0.1) is 0 Å². The molecule has 2 amide bonds. The monoisotopic (exact) mass is 464 g/mol. The minimum Gasteiger partial charge on any atom is -0.366 e. The smallest absolute Gasteiger partial charge is 0.293 e. The largest absolute Gasteiger partial charge is 0.366 e. The maximum atomic E-state index is 13.8. The molecule has 0 bridgehead atoms.